The fourth-order valence-electron chi connectivity index (χ4n) is 5.42. The molecular formula is C19H26N4. The lowest BCUT2D eigenvalue weighted by Crippen LogP contribution is -2.44. The Balaban J connectivity index is 1.27. The molecule has 4 heteroatoms. The van der Waals surface area contributed by atoms with E-state index in [9.17, 15) is 0 Å². The molecule has 2 heterocycles. The van der Waals surface area contributed by atoms with E-state index in [1.54, 1.807) is 0 Å². The van der Waals surface area contributed by atoms with Gasteiger partial charge in [-0.15, -0.1) is 5.10 Å². The van der Waals surface area contributed by atoms with Crippen LogP contribution in [0.3, 0.4) is 0 Å². The van der Waals surface area contributed by atoms with Gasteiger partial charge in [0.1, 0.15) is 5.52 Å². The first-order chi connectivity index (χ1) is 11.4. The first-order valence-electron chi connectivity index (χ1n) is 9.41. The minimum atomic E-state index is 0.527. The summed E-state index contributed by atoms with van der Waals surface area (Å²) in [4.78, 5) is 2.79. The van der Waals surface area contributed by atoms with E-state index in [0.29, 0.717) is 6.04 Å². The molecule has 0 amide bonds. The molecule has 1 aliphatic heterocycles. The molecule has 0 radical (unpaired) electrons. The molecule has 0 spiro atoms. The van der Waals surface area contributed by atoms with Gasteiger partial charge in [0.25, 0.3) is 0 Å². The fraction of sp³-hybridized carbons (Fsp3) is 0.684. The standard InChI is InChI=1S/C19H26N4/c1-2-4-19-18(3-1)20-21-23(19)16-7-9-22(10-8-16)17-12-14-5-6-15(11-14)13-17/h1-4,14-17H,5-13H2. The number of fused-ring (bicyclic) bond motifs is 3. The molecule has 4 nitrogen and oxygen atoms in total. The average Bonchev–Trinajstić information content (AvgIpc) is 3.18. The highest BCUT2D eigenvalue weighted by molar-refractivity contribution is 5.73. The molecule has 2 saturated carbocycles. The van der Waals surface area contributed by atoms with Crippen LogP contribution in [0.4, 0.5) is 0 Å². The van der Waals surface area contributed by atoms with Crippen LogP contribution in [0.1, 0.15) is 51.0 Å². The summed E-state index contributed by atoms with van der Waals surface area (Å²) in [5.74, 6) is 2.08. The topological polar surface area (TPSA) is 34.0 Å². The van der Waals surface area contributed by atoms with E-state index in [0.717, 1.165) is 23.4 Å². The van der Waals surface area contributed by atoms with E-state index in [1.807, 2.05) is 6.07 Å². The quantitative estimate of drug-likeness (QED) is 0.849. The number of piperidine rings is 1. The van der Waals surface area contributed by atoms with Crippen LogP contribution in [0, 0.1) is 11.8 Å². The van der Waals surface area contributed by atoms with Gasteiger partial charge < -0.3 is 4.90 Å². The second-order valence-electron chi connectivity index (χ2n) is 7.96. The maximum atomic E-state index is 4.44. The van der Waals surface area contributed by atoms with Crippen molar-refractivity contribution in [3.8, 4) is 0 Å². The normalized spacial score (nSPS) is 32.6. The van der Waals surface area contributed by atoms with Crippen molar-refractivity contribution in [3.63, 3.8) is 0 Å². The van der Waals surface area contributed by atoms with Crippen molar-refractivity contribution in [2.45, 2.75) is 57.0 Å². The third kappa shape index (κ3) is 2.47. The summed E-state index contributed by atoms with van der Waals surface area (Å²) >= 11 is 0. The first kappa shape index (κ1) is 14.0. The Kier molecular flexibility index (Phi) is 3.39. The van der Waals surface area contributed by atoms with Crippen molar-refractivity contribution in [2.75, 3.05) is 13.1 Å². The van der Waals surface area contributed by atoms with Crippen LogP contribution in [0.25, 0.3) is 11.0 Å². The molecule has 3 aliphatic rings. The van der Waals surface area contributed by atoms with Gasteiger partial charge in [-0.1, -0.05) is 30.2 Å². The molecule has 1 saturated heterocycles. The number of likely N-dealkylation sites (tertiary alicyclic amines) is 1. The van der Waals surface area contributed by atoms with E-state index in [-0.39, 0.29) is 0 Å². The lowest BCUT2D eigenvalue weighted by atomic mass is 9.84. The molecule has 2 atom stereocenters. The predicted octanol–water partition coefficient (Wildman–Crippen LogP) is 3.65. The van der Waals surface area contributed by atoms with E-state index >= 15 is 0 Å². The Labute approximate surface area is 137 Å². The molecule has 5 rings (SSSR count). The van der Waals surface area contributed by atoms with Crippen molar-refractivity contribution in [2.24, 2.45) is 11.8 Å². The van der Waals surface area contributed by atoms with Gasteiger partial charge in [0.2, 0.25) is 0 Å². The van der Waals surface area contributed by atoms with Crippen LogP contribution >= 0.6 is 0 Å². The van der Waals surface area contributed by atoms with Gasteiger partial charge in [-0.05, 0) is 56.1 Å². The zero-order valence-electron chi connectivity index (χ0n) is 13.8. The largest absolute Gasteiger partial charge is 0.300 e. The van der Waals surface area contributed by atoms with Gasteiger partial charge in [0.15, 0.2) is 0 Å². The van der Waals surface area contributed by atoms with Gasteiger partial charge >= 0.3 is 0 Å². The monoisotopic (exact) mass is 310 g/mol. The molecule has 0 N–H and O–H groups in total. The Morgan fingerprint density at radius 3 is 2.35 bits per heavy atom. The van der Waals surface area contributed by atoms with Crippen molar-refractivity contribution >= 4 is 11.0 Å². The number of rotatable bonds is 2. The maximum absolute atomic E-state index is 4.44. The summed E-state index contributed by atoms with van der Waals surface area (Å²) < 4.78 is 2.18. The van der Waals surface area contributed by atoms with Crippen molar-refractivity contribution in [1.29, 1.82) is 0 Å². The molecule has 2 aromatic rings. The SMILES string of the molecule is c1ccc2c(c1)nnn2C1CCN(C2CC3CCC(C3)C2)CC1. The Morgan fingerprint density at radius 1 is 0.826 bits per heavy atom. The van der Waals surface area contributed by atoms with Crippen LogP contribution in [0.2, 0.25) is 0 Å². The van der Waals surface area contributed by atoms with Crippen LogP contribution in [0.15, 0.2) is 24.3 Å². The van der Waals surface area contributed by atoms with E-state index < -0.39 is 0 Å². The third-order valence-corrected chi connectivity index (χ3v) is 6.60. The smallest absolute Gasteiger partial charge is 0.113 e. The van der Waals surface area contributed by atoms with Crippen molar-refractivity contribution in [3.05, 3.63) is 24.3 Å². The highest BCUT2D eigenvalue weighted by Gasteiger charge is 2.37. The summed E-state index contributed by atoms with van der Waals surface area (Å²) in [6.07, 6.45) is 9.91. The van der Waals surface area contributed by atoms with Crippen LogP contribution < -0.4 is 0 Å². The third-order valence-electron chi connectivity index (χ3n) is 6.60. The zero-order valence-corrected chi connectivity index (χ0v) is 13.8. The molecule has 1 aromatic heterocycles. The lowest BCUT2D eigenvalue weighted by Gasteiger charge is -2.41. The van der Waals surface area contributed by atoms with Gasteiger partial charge in [0, 0.05) is 19.1 Å². The first-order valence-corrected chi connectivity index (χ1v) is 9.41. The van der Waals surface area contributed by atoms with Crippen LogP contribution in [-0.2, 0) is 0 Å². The van der Waals surface area contributed by atoms with Gasteiger partial charge in [-0.25, -0.2) is 4.68 Å². The Morgan fingerprint density at radius 2 is 1.57 bits per heavy atom. The highest BCUT2D eigenvalue weighted by Crippen LogP contribution is 2.44. The summed E-state index contributed by atoms with van der Waals surface area (Å²) in [6, 6.07) is 9.75. The molecule has 1 aromatic carbocycles. The number of para-hydroxylation sites is 1. The molecular weight excluding hydrogens is 284 g/mol. The minimum Gasteiger partial charge on any atom is -0.300 e. The van der Waals surface area contributed by atoms with Gasteiger partial charge in [0.05, 0.1) is 11.6 Å². The van der Waals surface area contributed by atoms with E-state index in [2.05, 4.69) is 38.1 Å². The fourth-order valence-corrected chi connectivity index (χ4v) is 5.42. The van der Waals surface area contributed by atoms with E-state index in [1.165, 1.54) is 63.6 Å². The Hall–Kier alpha value is -1.42. The number of hydrogen-bond acceptors (Lipinski definition) is 3. The zero-order chi connectivity index (χ0) is 15.2. The second-order valence-corrected chi connectivity index (χ2v) is 7.96. The van der Waals surface area contributed by atoms with Crippen molar-refractivity contribution < 1.29 is 0 Å². The molecule has 2 aliphatic carbocycles. The molecule has 3 fully saturated rings. The summed E-state index contributed by atoms with van der Waals surface area (Å²) in [5.41, 5.74) is 2.22. The Bertz CT molecular complexity index is 673. The van der Waals surface area contributed by atoms with Gasteiger partial charge in [-0.3, -0.25) is 0 Å². The van der Waals surface area contributed by atoms with Gasteiger partial charge in [-0.2, -0.15) is 0 Å². The average molecular weight is 310 g/mol. The number of aromatic nitrogens is 3. The summed E-state index contributed by atoms with van der Waals surface area (Å²) in [7, 11) is 0. The number of hydrogen-bond donors (Lipinski definition) is 0. The number of nitrogens with zero attached hydrogens (tertiary/aromatic N) is 4. The summed E-state index contributed by atoms with van der Waals surface area (Å²) in [5, 5.41) is 8.77. The number of benzene rings is 1. The summed E-state index contributed by atoms with van der Waals surface area (Å²) in [6.45, 7) is 2.48. The molecule has 2 bridgehead atoms. The molecule has 122 valence electrons. The van der Waals surface area contributed by atoms with Crippen LogP contribution in [-0.4, -0.2) is 39.0 Å². The predicted molar refractivity (Wildman–Crippen MR) is 91.2 cm³/mol. The maximum Gasteiger partial charge on any atom is 0.113 e. The van der Waals surface area contributed by atoms with Crippen LogP contribution in [0.5, 0.6) is 0 Å². The van der Waals surface area contributed by atoms with Crippen molar-refractivity contribution in [1.82, 2.24) is 19.9 Å². The lowest BCUT2D eigenvalue weighted by molar-refractivity contribution is 0.0864. The molecule has 2 unspecified atom stereocenters. The second kappa shape index (κ2) is 5.59. The minimum absolute atomic E-state index is 0.527. The van der Waals surface area contributed by atoms with E-state index in [4.69, 9.17) is 0 Å². The highest BCUT2D eigenvalue weighted by atomic mass is 15.4. The molecule has 23 heavy (non-hydrogen) atoms.